The summed E-state index contributed by atoms with van der Waals surface area (Å²) in [4.78, 5) is 23.2. The van der Waals surface area contributed by atoms with Crippen molar-refractivity contribution in [2.75, 3.05) is 37.7 Å². The molecule has 0 atom stereocenters. The summed E-state index contributed by atoms with van der Waals surface area (Å²) in [6, 6.07) is 10.1. The topological polar surface area (TPSA) is 67.3 Å². The van der Waals surface area contributed by atoms with Crippen molar-refractivity contribution in [3.63, 3.8) is 0 Å². The number of hydrogen-bond acceptors (Lipinski definition) is 5. The van der Waals surface area contributed by atoms with Crippen molar-refractivity contribution in [1.82, 2.24) is 15.3 Å². The van der Waals surface area contributed by atoms with Gasteiger partial charge >= 0.3 is 0 Å². The number of aryl methyl sites for hydroxylation is 1. The minimum Gasteiger partial charge on any atom is -0.378 e. The summed E-state index contributed by atoms with van der Waals surface area (Å²) < 4.78 is 5.33. The van der Waals surface area contributed by atoms with Gasteiger partial charge in [-0.3, -0.25) is 4.79 Å². The van der Waals surface area contributed by atoms with Crippen LogP contribution < -0.4 is 10.2 Å². The van der Waals surface area contributed by atoms with E-state index in [1.807, 2.05) is 25.1 Å². The average molecular weight is 326 g/mol. The van der Waals surface area contributed by atoms with Gasteiger partial charge < -0.3 is 15.0 Å². The SMILES string of the molecule is Cc1nc(N2CCOCC2)ncc1C(=O)NCCc1ccccc1. The third-order valence-corrected chi connectivity index (χ3v) is 4.05. The lowest BCUT2D eigenvalue weighted by Crippen LogP contribution is -2.37. The van der Waals surface area contributed by atoms with Crippen molar-refractivity contribution in [3.8, 4) is 0 Å². The van der Waals surface area contributed by atoms with Gasteiger partial charge in [-0.2, -0.15) is 0 Å². The third kappa shape index (κ3) is 4.08. The molecule has 1 N–H and O–H groups in total. The zero-order valence-electron chi connectivity index (χ0n) is 13.9. The Kier molecular flexibility index (Phi) is 5.38. The Hall–Kier alpha value is -2.47. The Balaban J connectivity index is 1.58. The van der Waals surface area contributed by atoms with Gasteiger partial charge in [0.1, 0.15) is 0 Å². The molecule has 2 aromatic rings. The number of aromatic nitrogens is 2. The largest absolute Gasteiger partial charge is 0.378 e. The van der Waals surface area contributed by atoms with E-state index in [1.165, 1.54) is 5.56 Å². The van der Waals surface area contributed by atoms with E-state index in [0.29, 0.717) is 37.0 Å². The summed E-state index contributed by atoms with van der Waals surface area (Å²) in [5.41, 5.74) is 2.43. The fourth-order valence-electron chi connectivity index (χ4n) is 2.65. The third-order valence-electron chi connectivity index (χ3n) is 4.05. The lowest BCUT2D eigenvalue weighted by molar-refractivity contribution is 0.0952. The van der Waals surface area contributed by atoms with E-state index in [2.05, 4.69) is 32.3 Å². The number of nitrogens with zero attached hydrogens (tertiary/aromatic N) is 3. The van der Waals surface area contributed by atoms with Crippen molar-refractivity contribution < 1.29 is 9.53 Å². The number of hydrogen-bond donors (Lipinski definition) is 1. The highest BCUT2D eigenvalue weighted by atomic mass is 16.5. The van der Waals surface area contributed by atoms with Gasteiger partial charge in [-0.05, 0) is 18.9 Å². The highest BCUT2D eigenvalue weighted by molar-refractivity contribution is 5.95. The van der Waals surface area contributed by atoms with E-state index in [0.717, 1.165) is 19.5 Å². The molecule has 1 aliphatic rings. The van der Waals surface area contributed by atoms with E-state index in [4.69, 9.17) is 4.74 Å². The van der Waals surface area contributed by atoms with Gasteiger partial charge in [0.05, 0.1) is 24.5 Å². The van der Waals surface area contributed by atoms with Crippen LogP contribution >= 0.6 is 0 Å². The normalized spacial score (nSPS) is 14.5. The number of rotatable bonds is 5. The minimum absolute atomic E-state index is 0.128. The van der Waals surface area contributed by atoms with Crippen molar-refractivity contribution in [2.24, 2.45) is 0 Å². The van der Waals surface area contributed by atoms with Gasteiger partial charge in [-0.25, -0.2) is 9.97 Å². The standard InChI is InChI=1S/C18H22N4O2/c1-14-16(13-20-18(21-14)22-9-11-24-12-10-22)17(23)19-8-7-15-5-3-2-4-6-15/h2-6,13H,7-12H2,1H3,(H,19,23). The molecular formula is C18H22N4O2. The molecule has 6 nitrogen and oxygen atoms in total. The molecular weight excluding hydrogens is 304 g/mol. The smallest absolute Gasteiger partial charge is 0.254 e. The first kappa shape index (κ1) is 16.4. The predicted octanol–water partition coefficient (Wildman–Crippen LogP) is 1.59. The molecule has 0 unspecified atom stereocenters. The van der Waals surface area contributed by atoms with Crippen LogP contribution in [0.5, 0.6) is 0 Å². The van der Waals surface area contributed by atoms with Crippen molar-refractivity contribution in [2.45, 2.75) is 13.3 Å². The molecule has 126 valence electrons. The molecule has 0 radical (unpaired) electrons. The first-order chi connectivity index (χ1) is 11.7. The van der Waals surface area contributed by atoms with Crippen LogP contribution in [0.3, 0.4) is 0 Å². The molecule has 1 aliphatic heterocycles. The second-order valence-corrected chi connectivity index (χ2v) is 5.76. The maximum atomic E-state index is 12.3. The number of nitrogens with one attached hydrogen (secondary N) is 1. The Labute approximate surface area is 141 Å². The molecule has 1 aromatic carbocycles. The first-order valence-corrected chi connectivity index (χ1v) is 8.22. The van der Waals surface area contributed by atoms with E-state index < -0.39 is 0 Å². The lowest BCUT2D eigenvalue weighted by atomic mass is 10.1. The first-order valence-electron chi connectivity index (χ1n) is 8.22. The summed E-state index contributed by atoms with van der Waals surface area (Å²) in [6.45, 7) is 5.36. The molecule has 0 bridgehead atoms. The van der Waals surface area contributed by atoms with E-state index in [9.17, 15) is 4.79 Å². The number of carbonyl (C=O) groups is 1. The maximum absolute atomic E-state index is 12.3. The van der Waals surface area contributed by atoms with Crippen LogP contribution in [0.1, 0.15) is 21.6 Å². The quantitative estimate of drug-likeness (QED) is 0.904. The molecule has 0 spiro atoms. The highest BCUT2D eigenvalue weighted by Gasteiger charge is 2.17. The number of amides is 1. The van der Waals surface area contributed by atoms with Crippen LogP contribution in [0, 0.1) is 6.92 Å². The summed E-state index contributed by atoms with van der Waals surface area (Å²) >= 11 is 0. The fourth-order valence-corrected chi connectivity index (χ4v) is 2.65. The Morgan fingerprint density at radius 1 is 1.25 bits per heavy atom. The molecule has 1 saturated heterocycles. The summed E-state index contributed by atoms with van der Waals surface area (Å²) in [7, 11) is 0. The molecule has 0 aliphatic carbocycles. The summed E-state index contributed by atoms with van der Waals surface area (Å²) in [5.74, 6) is 0.536. The molecule has 1 fully saturated rings. The monoisotopic (exact) mass is 326 g/mol. The van der Waals surface area contributed by atoms with Crippen LogP contribution in [-0.4, -0.2) is 48.7 Å². The van der Waals surface area contributed by atoms with Gasteiger partial charge in [0.25, 0.3) is 5.91 Å². The molecule has 3 rings (SSSR count). The Bertz CT molecular complexity index is 685. The fraction of sp³-hybridized carbons (Fsp3) is 0.389. The highest BCUT2D eigenvalue weighted by Crippen LogP contribution is 2.13. The van der Waals surface area contributed by atoms with Crippen LogP contribution in [0.4, 0.5) is 5.95 Å². The van der Waals surface area contributed by atoms with Gasteiger partial charge in [0, 0.05) is 25.8 Å². The average Bonchev–Trinajstić information content (AvgIpc) is 2.63. The van der Waals surface area contributed by atoms with Crippen LogP contribution in [0.25, 0.3) is 0 Å². The second kappa shape index (κ2) is 7.88. The Morgan fingerprint density at radius 3 is 2.71 bits per heavy atom. The van der Waals surface area contributed by atoms with Gasteiger partial charge in [-0.15, -0.1) is 0 Å². The van der Waals surface area contributed by atoms with Crippen molar-refractivity contribution in [1.29, 1.82) is 0 Å². The molecule has 1 aromatic heterocycles. The number of anilines is 1. The van der Waals surface area contributed by atoms with Crippen molar-refractivity contribution in [3.05, 3.63) is 53.3 Å². The van der Waals surface area contributed by atoms with E-state index in [-0.39, 0.29) is 5.91 Å². The molecule has 6 heteroatoms. The zero-order valence-corrected chi connectivity index (χ0v) is 13.9. The van der Waals surface area contributed by atoms with Gasteiger partial charge in [0.15, 0.2) is 0 Å². The van der Waals surface area contributed by atoms with Crippen LogP contribution in [0.15, 0.2) is 36.5 Å². The molecule has 0 saturated carbocycles. The zero-order chi connectivity index (χ0) is 16.8. The number of benzene rings is 1. The molecule has 2 heterocycles. The van der Waals surface area contributed by atoms with Crippen molar-refractivity contribution >= 4 is 11.9 Å². The van der Waals surface area contributed by atoms with Crippen LogP contribution in [0.2, 0.25) is 0 Å². The molecule has 24 heavy (non-hydrogen) atoms. The van der Waals surface area contributed by atoms with Crippen LogP contribution in [-0.2, 0) is 11.2 Å². The summed E-state index contributed by atoms with van der Waals surface area (Å²) in [6.07, 6.45) is 2.42. The van der Waals surface area contributed by atoms with Gasteiger partial charge in [-0.1, -0.05) is 30.3 Å². The second-order valence-electron chi connectivity index (χ2n) is 5.76. The minimum atomic E-state index is -0.128. The van der Waals surface area contributed by atoms with E-state index in [1.54, 1.807) is 6.20 Å². The van der Waals surface area contributed by atoms with E-state index >= 15 is 0 Å². The van der Waals surface area contributed by atoms with Gasteiger partial charge in [0.2, 0.25) is 5.95 Å². The lowest BCUT2D eigenvalue weighted by Gasteiger charge is -2.27. The molecule has 1 amide bonds. The predicted molar refractivity (Wildman–Crippen MR) is 92.3 cm³/mol. The Morgan fingerprint density at radius 2 is 2.00 bits per heavy atom. The number of morpholine rings is 1. The maximum Gasteiger partial charge on any atom is 0.254 e. The summed E-state index contributed by atoms with van der Waals surface area (Å²) in [5, 5.41) is 2.93. The number of carbonyl (C=O) groups excluding carboxylic acids is 1. The number of ether oxygens (including phenoxy) is 1.